The predicted molar refractivity (Wildman–Crippen MR) is 96.1 cm³/mol. The van der Waals surface area contributed by atoms with Crippen LogP contribution < -0.4 is 4.74 Å². The number of carbonyl (C=O) groups is 1. The molecule has 24 heavy (non-hydrogen) atoms. The second-order valence-electron chi connectivity index (χ2n) is 7.71. The van der Waals surface area contributed by atoms with Gasteiger partial charge >= 0.3 is 0 Å². The molecule has 1 aromatic carbocycles. The van der Waals surface area contributed by atoms with Crippen LogP contribution in [-0.4, -0.2) is 30.2 Å². The Kier molecular flexibility index (Phi) is 7.91. The van der Waals surface area contributed by atoms with Crippen LogP contribution >= 0.6 is 0 Å². The number of benzene rings is 1. The minimum Gasteiger partial charge on any atom is -0.497 e. The van der Waals surface area contributed by atoms with Crippen LogP contribution in [0.4, 0.5) is 0 Å². The van der Waals surface area contributed by atoms with Crippen molar-refractivity contribution >= 4 is 5.78 Å². The average molecular weight is 336 g/mol. The number of hydrogen-bond acceptors (Lipinski definition) is 4. The fraction of sp³-hybridized carbons (Fsp3) is 0.650. The molecule has 0 aliphatic carbocycles. The zero-order chi connectivity index (χ0) is 18.3. The third-order valence-electron chi connectivity index (χ3n) is 4.13. The van der Waals surface area contributed by atoms with Gasteiger partial charge in [0, 0.05) is 18.3 Å². The number of Topliss-reactive ketones (excluding diaryl/α,β-unsaturated/α-hetero) is 1. The normalized spacial score (nSPS) is 14.5. The van der Waals surface area contributed by atoms with Gasteiger partial charge in [-0.15, -0.1) is 0 Å². The maximum atomic E-state index is 12.1. The van der Waals surface area contributed by atoms with Gasteiger partial charge in [-0.2, -0.15) is 0 Å². The average Bonchev–Trinajstić information content (AvgIpc) is 2.50. The SMILES string of the molecule is COc1ccc(CO[C@H](C[C@@H](O)CC(=O)C(C)(C)C)C(C)C)cc1. The van der Waals surface area contributed by atoms with Crippen molar-refractivity contribution in [2.24, 2.45) is 11.3 Å². The van der Waals surface area contributed by atoms with E-state index in [4.69, 9.17) is 9.47 Å². The largest absolute Gasteiger partial charge is 0.497 e. The van der Waals surface area contributed by atoms with E-state index < -0.39 is 11.5 Å². The van der Waals surface area contributed by atoms with Crippen molar-refractivity contribution in [3.63, 3.8) is 0 Å². The van der Waals surface area contributed by atoms with Crippen molar-refractivity contribution in [1.29, 1.82) is 0 Å². The van der Waals surface area contributed by atoms with Gasteiger partial charge in [0.25, 0.3) is 0 Å². The molecule has 0 aliphatic rings. The Bertz CT molecular complexity index is 499. The van der Waals surface area contributed by atoms with E-state index in [0.717, 1.165) is 11.3 Å². The summed E-state index contributed by atoms with van der Waals surface area (Å²) < 4.78 is 11.1. The highest BCUT2D eigenvalue weighted by atomic mass is 16.5. The Morgan fingerprint density at radius 3 is 2.21 bits per heavy atom. The molecule has 0 unspecified atom stereocenters. The molecular formula is C20H32O4. The summed E-state index contributed by atoms with van der Waals surface area (Å²) in [6.07, 6.45) is -0.108. The van der Waals surface area contributed by atoms with E-state index in [-0.39, 0.29) is 24.2 Å². The van der Waals surface area contributed by atoms with Gasteiger partial charge in [0.05, 0.1) is 25.9 Å². The lowest BCUT2D eigenvalue weighted by atomic mass is 9.86. The van der Waals surface area contributed by atoms with Crippen LogP contribution in [0, 0.1) is 11.3 Å². The number of aliphatic hydroxyl groups excluding tert-OH is 1. The molecular weight excluding hydrogens is 304 g/mol. The Morgan fingerprint density at radius 2 is 1.75 bits per heavy atom. The van der Waals surface area contributed by atoms with Gasteiger partial charge < -0.3 is 14.6 Å². The van der Waals surface area contributed by atoms with E-state index in [1.54, 1.807) is 7.11 Å². The Labute approximate surface area is 146 Å². The lowest BCUT2D eigenvalue weighted by Gasteiger charge is -2.25. The molecule has 0 amide bonds. The van der Waals surface area contributed by atoms with Gasteiger partial charge in [-0.25, -0.2) is 0 Å². The van der Waals surface area contributed by atoms with Crippen LogP contribution in [-0.2, 0) is 16.1 Å². The Balaban J connectivity index is 2.55. The maximum absolute atomic E-state index is 12.1. The molecule has 0 saturated heterocycles. The molecule has 4 nitrogen and oxygen atoms in total. The Hall–Kier alpha value is -1.39. The number of hydrogen-bond donors (Lipinski definition) is 1. The summed E-state index contributed by atoms with van der Waals surface area (Å²) in [4.78, 5) is 12.1. The van der Waals surface area contributed by atoms with Crippen molar-refractivity contribution < 1.29 is 19.4 Å². The van der Waals surface area contributed by atoms with E-state index in [1.807, 2.05) is 45.0 Å². The summed E-state index contributed by atoms with van der Waals surface area (Å²) in [5.74, 6) is 1.16. The quantitative estimate of drug-likeness (QED) is 0.741. The number of ketones is 1. The van der Waals surface area contributed by atoms with Crippen LogP contribution in [0.25, 0.3) is 0 Å². The van der Waals surface area contributed by atoms with Gasteiger partial charge in [0.1, 0.15) is 11.5 Å². The lowest BCUT2D eigenvalue weighted by molar-refractivity contribution is -0.129. The molecule has 4 heteroatoms. The molecule has 136 valence electrons. The van der Waals surface area contributed by atoms with Crippen LogP contribution in [0.3, 0.4) is 0 Å². The topological polar surface area (TPSA) is 55.8 Å². The van der Waals surface area contributed by atoms with E-state index >= 15 is 0 Å². The molecule has 0 saturated carbocycles. The van der Waals surface area contributed by atoms with Gasteiger partial charge in [-0.3, -0.25) is 4.79 Å². The Morgan fingerprint density at radius 1 is 1.17 bits per heavy atom. The monoisotopic (exact) mass is 336 g/mol. The van der Waals surface area contributed by atoms with Gasteiger partial charge in [-0.05, 0) is 23.6 Å². The molecule has 0 aromatic heterocycles. The van der Waals surface area contributed by atoms with Crippen LogP contribution in [0.2, 0.25) is 0 Å². The molecule has 0 radical (unpaired) electrons. The van der Waals surface area contributed by atoms with Gasteiger partial charge in [0.15, 0.2) is 0 Å². The molecule has 1 aromatic rings. The first-order valence-electron chi connectivity index (χ1n) is 8.59. The minimum atomic E-state index is -0.667. The second-order valence-corrected chi connectivity index (χ2v) is 7.71. The number of ether oxygens (including phenoxy) is 2. The molecule has 0 bridgehead atoms. The van der Waals surface area contributed by atoms with Crippen molar-refractivity contribution in [2.45, 2.75) is 66.3 Å². The fourth-order valence-electron chi connectivity index (χ4n) is 2.33. The highest BCUT2D eigenvalue weighted by molar-refractivity contribution is 5.84. The van der Waals surface area contributed by atoms with Crippen molar-refractivity contribution in [3.05, 3.63) is 29.8 Å². The minimum absolute atomic E-state index is 0.0765. The van der Waals surface area contributed by atoms with Crippen LogP contribution in [0.1, 0.15) is 53.0 Å². The molecule has 0 fully saturated rings. The molecule has 0 heterocycles. The smallest absolute Gasteiger partial charge is 0.140 e. The molecule has 1 N–H and O–H groups in total. The number of methoxy groups -OCH3 is 1. The number of aliphatic hydroxyl groups is 1. The highest BCUT2D eigenvalue weighted by Gasteiger charge is 2.26. The third-order valence-corrected chi connectivity index (χ3v) is 4.13. The number of rotatable bonds is 9. The summed E-state index contributed by atoms with van der Waals surface area (Å²) in [5.41, 5.74) is 0.639. The number of carbonyl (C=O) groups excluding carboxylic acids is 1. The second kappa shape index (κ2) is 9.19. The van der Waals surface area contributed by atoms with Crippen molar-refractivity contribution in [2.75, 3.05) is 7.11 Å². The van der Waals surface area contributed by atoms with E-state index in [0.29, 0.717) is 13.0 Å². The summed E-state index contributed by atoms with van der Waals surface area (Å²) >= 11 is 0. The summed E-state index contributed by atoms with van der Waals surface area (Å²) in [6, 6.07) is 7.74. The lowest BCUT2D eigenvalue weighted by Crippen LogP contribution is -2.30. The highest BCUT2D eigenvalue weighted by Crippen LogP contribution is 2.22. The van der Waals surface area contributed by atoms with Crippen LogP contribution in [0.5, 0.6) is 5.75 Å². The third kappa shape index (κ3) is 7.02. The predicted octanol–water partition coefficient (Wildman–Crippen LogP) is 3.99. The summed E-state index contributed by atoms with van der Waals surface area (Å²) in [6.45, 7) is 10.2. The molecule has 2 atom stereocenters. The standard InChI is InChI=1S/C20H32O4/c1-14(2)18(11-16(21)12-19(22)20(3,4)5)24-13-15-7-9-17(23-6)10-8-15/h7-10,14,16,18,21H,11-13H2,1-6H3/t16-,18-/m1/s1. The summed E-state index contributed by atoms with van der Waals surface area (Å²) in [5, 5.41) is 10.3. The zero-order valence-corrected chi connectivity index (χ0v) is 15.8. The molecule has 1 rings (SSSR count). The fourth-order valence-corrected chi connectivity index (χ4v) is 2.33. The van der Waals surface area contributed by atoms with Crippen molar-refractivity contribution in [1.82, 2.24) is 0 Å². The van der Waals surface area contributed by atoms with E-state index in [9.17, 15) is 9.90 Å². The van der Waals surface area contributed by atoms with Gasteiger partial charge in [-0.1, -0.05) is 46.8 Å². The van der Waals surface area contributed by atoms with E-state index in [2.05, 4.69) is 13.8 Å². The van der Waals surface area contributed by atoms with E-state index in [1.165, 1.54) is 0 Å². The van der Waals surface area contributed by atoms with Gasteiger partial charge in [0.2, 0.25) is 0 Å². The first-order chi connectivity index (χ1) is 11.1. The first kappa shape index (κ1) is 20.7. The van der Waals surface area contributed by atoms with Crippen molar-refractivity contribution in [3.8, 4) is 5.75 Å². The molecule has 0 spiro atoms. The summed E-state index contributed by atoms with van der Waals surface area (Å²) in [7, 11) is 1.64. The first-order valence-corrected chi connectivity index (χ1v) is 8.59. The zero-order valence-electron chi connectivity index (χ0n) is 15.8. The maximum Gasteiger partial charge on any atom is 0.140 e. The molecule has 0 aliphatic heterocycles. The van der Waals surface area contributed by atoms with Crippen LogP contribution in [0.15, 0.2) is 24.3 Å².